The smallest absolute Gasteiger partial charge is 0.0830 e. The molecule has 0 bridgehead atoms. The molecular weight excluding hydrogens is 290 g/mol. The van der Waals surface area contributed by atoms with E-state index in [1.165, 1.54) is 15.6 Å². The number of benzene rings is 1. The highest BCUT2D eigenvalue weighted by Crippen LogP contribution is 2.28. The monoisotopic (exact) mass is 307 g/mol. The Morgan fingerprint density at radius 2 is 2.17 bits per heavy atom. The third-order valence-electron chi connectivity index (χ3n) is 3.34. The summed E-state index contributed by atoms with van der Waals surface area (Å²) in [6, 6.07) is 6.69. The Balaban J connectivity index is 2.19. The van der Waals surface area contributed by atoms with Crippen molar-refractivity contribution < 1.29 is 0 Å². The Morgan fingerprint density at radius 3 is 2.72 bits per heavy atom. The number of nitrogens with zero attached hydrogens (tertiary/aromatic N) is 2. The predicted molar refractivity (Wildman–Crippen MR) is 76.6 cm³/mol. The van der Waals surface area contributed by atoms with Crippen LogP contribution in [0.25, 0.3) is 0 Å². The molecule has 2 rings (SSSR count). The maximum atomic E-state index is 4.14. The van der Waals surface area contributed by atoms with Gasteiger partial charge in [0.2, 0.25) is 0 Å². The first-order chi connectivity index (χ1) is 8.74. The number of hydrogen-bond donors (Lipinski definition) is 1. The van der Waals surface area contributed by atoms with Gasteiger partial charge in [-0.25, -0.2) is 0 Å². The minimum absolute atomic E-state index is 0.498. The molecule has 0 amide bonds. The van der Waals surface area contributed by atoms with Gasteiger partial charge >= 0.3 is 0 Å². The molecule has 1 aromatic heterocycles. The highest BCUT2D eigenvalue weighted by molar-refractivity contribution is 9.10. The van der Waals surface area contributed by atoms with Crippen LogP contribution in [0, 0.1) is 0 Å². The molecule has 1 aromatic carbocycles. The van der Waals surface area contributed by atoms with E-state index in [1.54, 1.807) is 6.20 Å². The average Bonchev–Trinajstić information content (AvgIpc) is 2.88. The van der Waals surface area contributed by atoms with Gasteiger partial charge in [-0.15, -0.1) is 0 Å². The topological polar surface area (TPSA) is 41.6 Å². The number of rotatable bonds is 5. The lowest BCUT2D eigenvalue weighted by Crippen LogP contribution is -2.03. The Hall–Kier alpha value is -1.16. The van der Waals surface area contributed by atoms with Gasteiger partial charge in [0, 0.05) is 4.47 Å². The summed E-state index contributed by atoms with van der Waals surface area (Å²) in [6.45, 7) is 4.39. The van der Waals surface area contributed by atoms with Gasteiger partial charge in [0.05, 0.1) is 11.9 Å². The van der Waals surface area contributed by atoms with E-state index in [2.05, 4.69) is 63.4 Å². The molecule has 1 heterocycles. The maximum absolute atomic E-state index is 4.14. The summed E-state index contributed by atoms with van der Waals surface area (Å²) in [5.74, 6) is 0.498. The SMILES string of the molecule is CCc1ccc(C(CC)Cc2cn[nH]n2)cc1Br. The quantitative estimate of drug-likeness (QED) is 0.911. The van der Waals surface area contributed by atoms with Crippen molar-refractivity contribution in [2.75, 3.05) is 0 Å². The highest BCUT2D eigenvalue weighted by atomic mass is 79.9. The zero-order valence-electron chi connectivity index (χ0n) is 10.8. The Kier molecular flexibility index (Phi) is 4.53. The van der Waals surface area contributed by atoms with Crippen LogP contribution in [0.1, 0.15) is 43.0 Å². The minimum atomic E-state index is 0.498. The standard InChI is InChI=1S/C14H18BrN3/c1-3-10-5-6-12(8-14(10)15)11(4-2)7-13-9-16-18-17-13/h5-6,8-9,11H,3-4,7H2,1-2H3,(H,16,17,18). The summed E-state index contributed by atoms with van der Waals surface area (Å²) >= 11 is 3.65. The van der Waals surface area contributed by atoms with E-state index in [1.807, 2.05) is 0 Å². The molecule has 2 aromatic rings. The van der Waals surface area contributed by atoms with Crippen LogP contribution in [0.5, 0.6) is 0 Å². The van der Waals surface area contributed by atoms with Gasteiger partial charge in [-0.2, -0.15) is 15.4 Å². The molecule has 1 unspecified atom stereocenters. The fraction of sp³-hybridized carbons (Fsp3) is 0.429. The van der Waals surface area contributed by atoms with Crippen molar-refractivity contribution in [2.45, 2.75) is 39.0 Å². The Bertz CT molecular complexity index is 494. The van der Waals surface area contributed by atoms with Crippen molar-refractivity contribution in [1.29, 1.82) is 0 Å². The highest BCUT2D eigenvalue weighted by Gasteiger charge is 2.13. The molecule has 1 atom stereocenters. The molecule has 4 heteroatoms. The zero-order chi connectivity index (χ0) is 13.0. The molecule has 0 saturated heterocycles. The molecule has 1 N–H and O–H groups in total. The third-order valence-corrected chi connectivity index (χ3v) is 4.08. The summed E-state index contributed by atoms with van der Waals surface area (Å²) in [5.41, 5.74) is 3.75. The zero-order valence-corrected chi connectivity index (χ0v) is 12.4. The lowest BCUT2D eigenvalue weighted by atomic mass is 9.91. The van der Waals surface area contributed by atoms with Gasteiger partial charge < -0.3 is 0 Å². The van der Waals surface area contributed by atoms with Crippen molar-refractivity contribution >= 4 is 15.9 Å². The molecule has 0 fully saturated rings. The van der Waals surface area contributed by atoms with Crippen molar-refractivity contribution in [2.24, 2.45) is 0 Å². The number of aryl methyl sites for hydroxylation is 1. The first kappa shape index (κ1) is 13.3. The summed E-state index contributed by atoms with van der Waals surface area (Å²) in [7, 11) is 0. The fourth-order valence-corrected chi connectivity index (χ4v) is 2.86. The van der Waals surface area contributed by atoms with Crippen LogP contribution in [-0.2, 0) is 12.8 Å². The van der Waals surface area contributed by atoms with Crippen LogP contribution in [0.3, 0.4) is 0 Å². The summed E-state index contributed by atoms with van der Waals surface area (Å²) in [4.78, 5) is 0. The van der Waals surface area contributed by atoms with E-state index in [9.17, 15) is 0 Å². The number of H-pyrrole nitrogens is 1. The van der Waals surface area contributed by atoms with Crippen molar-refractivity contribution in [1.82, 2.24) is 15.4 Å². The lowest BCUT2D eigenvalue weighted by Gasteiger charge is -2.15. The molecule has 0 radical (unpaired) electrons. The molecule has 3 nitrogen and oxygen atoms in total. The van der Waals surface area contributed by atoms with E-state index in [-0.39, 0.29) is 0 Å². The van der Waals surface area contributed by atoms with E-state index in [0.29, 0.717) is 5.92 Å². The molecule has 18 heavy (non-hydrogen) atoms. The molecule has 0 aliphatic carbocycles. The number of aromatic nitrogens is 3. The fourth-order valence-electron chi connectivity index (χ4n) is 2.18. The third kappa shape index (κ3) is 2.99. The number of nitrogens with one attached hydrogen (secondary N) is 1. The van der Waals surface area contributed by atoms with Crippen molar-refractivity contribution in [3.05, 3.63) is 45.7 Å². The molecule has 0 saturated carbocycles. The van der Waals surface area contributed by atoms with E-state index >= 15 is 0 Å². The lowest BCUT2D eigenvalue weighted by molar-refractivity contribution is 0.647. The molecular formula is C14H18BrN3. The van der Waals surface area contributed by atoms with Crippen LogP contribution < -0.4 is 0 Å². The van der Waals surface area contributed by atoms with E-state index in [4.69, 9.17) is 0 Å². The summed E-state index contributed by atoms with van der Waals surface area (Å²) in [6.07, 6.45) is 4.90. The van der Waals surface area contributed by atoms with Gasteiger partial charge in [-0.05, 0) is 42.4 Å². The normalized spacial score (nSPS) is 12.6. The predicted octanol–water partition coefficient (Wildman–Crippen LogP) is 3.87. The van der Waals surface area contributed by atoms with Gasteiger partial charge in [-0.1, -0.05) is 41.9 Å². The van der Waals surface area contributed by atoms with Crippen molar-refractivity contribution in [3.63, 3.8) is 0 Å². The van der Waals surface area contributed by atoms with E-state index < -0.39 is 0 Å². The molecule has 0 spiro atoms. The first-order valence-electron chi connectivity index (χ1n) is 6.37. The van der Waals surface area contributed by atoms with Crippen LogP contribution in [0.2, 0.25) is 0 Å². The van der Waals surface area contributed by atoms with Crippen LogP contribution >= 0.6 is 15.9 Å². The van der Waals surface area contributed by atoms with Crippen molar-refractivity contribution in [3.8, 4) is 0 Å². The Morgan fingerprint density at radius 1 is 1.33 bits per heavy atom. The molecule has 0 aliphatic heterocycles. The number of hydrogen-bond acceptors (Lipinski definition) is 2. The molecule has 96 valence electrons. The summed E-state index contributed by atoms with van der Waals surface area (Å²) in [5, 5.41) is 10.7. The average molecular weight is 308 g/mol. The molecule has 0 aliphatic rings. The second kappa shape index (κ2) is 6.14. The minimum Gasteiger partial charge on any atom is -0.198 e. The van der Waals surface area contributed by atoms with Crippen LogP contribution in [-0.4, -0.2) is 15.4 Å². The number of halogens is 1. The largest absolute Gasteiger partial charge is 0.198 e. The van der Waals surface area contributed by atoms with E-state index in [0.717, 1.165) is 25.0 Å². The second-order valence-corrected chi connectivity index (χ2v) is 5.33. The Labute approximate surface area is 116 Å². The number of aromatic amines is 1. The van der Waals surface area contributed by atoms with Gasteiger partial charge in [0.15, 0.2) is 0 Å². The van der Waals surface area contributed by atoms with Gasteiger partial charge in [0.25, 0.3) is 0 Å². The van der Waals surface area contributed by atoms with Gasteiger partial charge in [-0.3, -0.25) is 0 Å². The summed E-state index contributed by atoms with van der Waals surface area (Å²) < 4.78 is 1.21. The second-order valence-electron chi connectivity index (χ2n) is 4.48. The van der Waals surface area contributed by atoms with Crippen LogP contribution in [0.4, 0.5) is 0 Å². The first-order valence-corrected chi connectivity index (χ1v) is 7.16. The maximum Gasteiger partial charge on any atom is 0.0830 e. The van der Waals surface area contributed by atoms with Crippen LogP contribution in [0.15, 0.2) is 28.9 Å². The van der Waals surface area contributed by atoms with Gasteiger partial charge in [0.1, 0.15) is 0 Å².